The van der Waals surface area contributed by atoms with Crippen molar-refractivity contribution >= 4 is 29.0 Å². The van der Waals surface area contributed by atoms with Gasteiger partial charge in [0, 0.05) is 5.69 Å². The van der Waals surface area contributed by atoms with E-state index in [-0.39, 0.29) is 11.7 Å². The van der Waals surface area contributed by atoms with Crippen LogP contribution in [0.5, 0.6) is 5.75 Å². The lowest BCUT2D eigenvalue weighted by atomic mass is 10.2. The molecule has 2 rings (SSSR count). The highest BCUT2D eigenvalue weighted by Crippen LogP contribution is 2.26. The molecule has 100 valence electrons. The molecule has 7 nitrogen and oxygen atoms in total. The Morgan fingerprint density at radius 2 is 2.42 bits per heavy atom. The fourth-order valence-corrected chi connectivity index (χ4v) is 1.99. The highest BCUT2D eigenvalue weighted by Gasteiger charge is 2.09. The molecular formula is C11H13N5O2S. The number of aromatic nitrogens is 3. The van der Waals surface area contributed by atoms with Gasteiger partial charge in [-0.3, -0.25) is 9.89 Å². The van der Waals surface area contributed by atoms with Gasteiger partial charge in [-0.2, -0.15) is 5.10 Å². The number of carbonyl (C=O) groups excluding carboxylic acids is 1. The molecular weight excluding hydrogens is 266 g/mol. The van der Waals surface area contributed by atoms with E-state index >= 15 is 0 Å². The average Bonchev–Trinajstić information content (AvgIpc) is 2.90. The van der Waals surface area contributed by atoms with E-state index in [2.05, 4.69) is 20.5 Å². The van der Waals surface area contributed by atoms with Gasteiger partial charge >= 0.3 is 0 Å². The third-order valence-corrected chi connectivity index (χ3v) is 3.11. The van der Waals surface area contributed by atoms with Gasteiger partial charge in [-0.05, 0) is 18.2 Å². The second-order valence-electron chi connectivity index (χ2n) is 3.59. The number of hydrogen-bond acceptors (Lipinski definition) is 6. The summed E-state index contributed by atoms with van der Waals surface area (Å²) in [5, 5.41) is 9.69. The van der Waals surface area contributed by atoms with Crippen LogP contribution in [0.4, 0.5) is 11.4 Å². The standard InChI is InChI=1S/C11H13N5O2S/c1-18-9-3-2-7(12)4-8(9)15-10(17)5-19-11-13-6-14-16-11/h2-4,6H,5,12H2,1H3,(H,15,17)(H,13,14,16). The number of ether oxygens (including phenoxy) is 1. The first kappa shape index (κ1) is 13.2. The first-order valence-electron chi connectivity index (χ1n) is 5.40. The summed E-state index contributed by atoms with van der Waals surface area (Å²) in [7, 11) is 1.53. The van der Waals surface area contributed by atoms with Crippen LogP contribution in [0.2, 0.25) is 0 Å². The predicted octanol–water partition coefficient (Wildman–Crippen LogP) is 1.13. The van der Waals surface area contributed by atoms with E-state index in [4.69, 9.17) is 10.5 Å². The number of methoxy groups -OCH3 is 1. The van der Waals surface area contributed by atoms with Crippen molar-refractivity contribution in [1.29, 1.82) is 0 Å². The molecule has 0 unspecified atom stereocenters. The van der Waals surface area contributed by atoms with Crippen LogP contribution in [0, 0.1) is 0 Å². The highest BCUT2D eigenvalue weighted by atomic mass is 32.2. The number of amides is 1. The van der Waals surface area contributed by atoms with Crippen LogP contribution in [0.1, 0.15) is 0 Å². The minimum Gasteiger partial charge on any atom is -0.495 e. The van der Waals surface area contributed by atoms with E-state index in [1.54, 1.807) is 18.2 Å². The molecule has 0 saturated carbocycles. The Kier molecular flexibility index (Phi) is 4.24. The summed E-state index contributed by atoms with van der Waals surface area (Å²) in [5.41, 5.74) is 6.78. The largest absolute Gasteiger partial charge is 0.495 e. The number of nitrogen functional groups attached to an aromatic ring is 1. The van der Waals surface area contributed by atoms with E-state index in [9.17, 15) is 4.79 Å². The topological polar surface area (TPSA) is 106 Å². The van der Waals surface area contributed by atoms with Gasteiger partial charge in [0.15, 0.2) is 5.16 Å². The summed E-state index contributed by atoms with van der Waals surface area (Å²) in [6, 6.07) is 5.06. The van der Waals surface area contributed by atoms with Crippen molar-refractivity contribution in [1.82, 2.24) is 15.2 Å². The third kappa shape index (κ3) is 3.62. The maximum Gasteiger partial charge on any atom is 0.234 e. The van der Waals surface area contributed by atoms with Gasteiger partial charge in [0.05, 0.1) is 18.6 Å². The Labute approximate surface area is 113 Å². The molecule has 1 aromatic carbocycles. The molecule has 0 radical (unpaired) electrons. The van der Waals surface area contributed by atoms with Crippen LogP contribution in [-0.2, 0) is 4.79 Å². The number of H-pyrrole nitrogens is 1. The number of rotatable bonds is 5. The second-order valence-corrected chi connectivity index (χ2v) is 4.55. The number of nitrogens with zero attached hydrogens (tertiary/aromatic N) is 2. The molecule has 0 saturated heterocycles. The van der Waals surface area contributed by atoms with E-state index in [0.29, 0.717) is 22.3 Å². The van der Waals surface area contributed by atoms with Crippen LogP contribution in [0.3, 0.4) is 0 Å². The number of nitrogens with one attached hydrogen (secondary N) is 2. The van der Waals surface area contributed by atoms with Gasteiger partial charge in [0.1, 0.15) is 12.1 Å². The van der Waals surface area contributed by atoms with Crippen molar-refractivity contribution in [2.45, 2.75) is 5.16 Å². The Bertz CT molecular complexity index is 558. The molecule has 1 heterocycles. The smallest absolute Gasteiger partial charge is 0.234 e. The number of hydrogen-bond donors (Lipinski definition) is 3. The Morgan fingerprint density at radius 1 is 1.58 bits per heavy atom. The predicted molar refractivity (Wildman–Crippen MR) is 73.1 cm³/mol. The van der Waals surface area contributed by atoms with E-state index < -0.39 is 0 Å². The maximum absolute atomic E-state index is 11.8. The first-order chi connectivity index (χ1) is 9.19. The van der Waals surface area contributed by atoms with Crippen molar-refractivity contribution in [3.63, 3.8) is 0 Å². The molecule has 4 N–H and O–H groups in total. The third-order valence-electron chi connectivity index (χ3n) is 2.23. The number of carbonyl (C=O) groups is 1. The Morgan fingerprint density at radius 3 is 3.11 bits per heavy atom. The van der Waals surface area contributed by atoms with E-state index in [1.165, 1.54) is 25.2 Å². The zero-order valence-electron chi connectivity index (χ0n) is 10.2. The van der Waals surface area contributed by atoms with Gasteiger partial charge in [-0.1, -0.05) is 11.8 Å². The summed E-state index contributed by atoms with van der Waals surface area (Å²) in [6.45, 7) is 0. The maximum atomic E-state index is 11.8. The van der Waals surface area contributed by atoms with Crippen LogP contribution < -0.4 is 15.8 Å². The molecule has 8 heteroatoms. The van der Waals surface area contributed by atoms with Crippen molar-refractivity contribution in [3.8, 4) is 5.75 Å². The lowest BCUT2D eigenvalue weighted by Gasteiger charge is -2.10. The Hall–Kier alpha value is -2.22. The van der Waals surface area contributed by atoms with Crippen molar-refractivity contribution < 1.29 is 9.53 Å². The van der Waals surface area contributed by atoms with Gasteiger partial charge < -0.3 is 15.8 Å². The van der Waals surface area contributed by atoms with Crippen LogP contribution >= 0.6 is 11.8 Å². The lowest BCUT2D eigenvalue weighted by Crippen LogP contribution is -2.15. The molecule has 1 aromatic heterocycles. The van der Waals surface area contributed by atoms with Crippen LogP contribution in [0.25, 0.3) is 0 Å². The molecule has 0 aliphatic heterocycles. The molecule has 0 atom stereocenters. The van der Waals surface area contributed by atoms with Crippen molar-refractivity contribution in [2.75, 3.05) is 23.9 Å². The molecule has 19 heavy (non-hydrogen) atoms. The first-order valence-corrected chi connectivity index (χ1v) is 6.39. The Balaban J connectivity index is 1.96. The highest BCUT2D eigenvalue weighted by molar-refractivity contribution is 7.99. The molecule has 0 fully saturated rings. The van der Waals surface area contributed by atoms with Gasteiger partial charge in [-0.25, -0.2) is 4.98 Å². The molecule has 0 aliphatic carbocycles. The lowest BCUT2D eigenvalue weighted by molar-refractivity contribution is -0.113. The minimum atomic E-state index is -0.176. The SMILES string of the molecule is COc1ccc(N)cc1NC(=O)CSc1ncn[nH]1. The van der Waals surface area contributed by atoms with Gasteiger partial charge in [0.2, 0.25) is 5.91 Å². The van der Waals surface area contributed by atoms with E-state index in [0.717, 1.165) is 0 Å². The van der Waals surface area contributed by atoms with Crippen molar-refractivity contribution in [3.05, 3.63) is 24.5 Å². The average molecular weight is 279 g/mol. The fraction of sp³-hybridized carbons (Fsp3) is 0.182. The summed E-state index contributed by atoms with van der Waals surface area (Å²) in [5.74, 6) is 0.602. The molecule has 2 aromatic rings. The normalized spacial score (nSPS) is 10.2. The molecule has 1 amide bonds. The van der Waals surface area contributed by atoms with Gasteiger partial charge in [-0.15, -0.1) is 0 Å². The molecule has 0 spiro atoms. The summed E-state index contributed by atoms with van der Waals surface area (Å²) >= 11 is 1.26. The van der Waals surface area contributed by atoms with E-state index in [1.807, 2.05) is 0 Å². The summed E-state index contributed by atoms with van der Waals surface area (Å²) in [6.07, 6.45) is 1.39. The minimum absolute atomic E-state index is 0.176. The number of aromatic amines is 1. The zero-order chi connectivity index (χ0) is 13.7. The zero-order valence-corrected chi connectivity index (χ0v) is 11.0. The van der Waals surface area contributed by atoms with Crippen molar-refractivity contribution in [2.24, 2.45) is 0 Å². The molecule has 0 bridgehead atoms. The number of anilines is 2. The number of benzene rings is 1. The number of nitrogens with two attached hydrogens (primary N) is 1. The summed E-state index contributed by atoms with van der Waals surface area (Å²) in [4.78, 5) is 15.7. The molecule has 0 aliphatic rings. The van der Waals surface area contributed by atoms with Crippen LogP contribution in [0.15, 0.2) is 29.7 Å². The quantitative estimate of drug-likeness (QED) is 0.559. The monoisotopic (exact) mass is 279 g/mol. The second kappa shape index (κ2) is 6.10. The van der Waals surface area contributed by atoms with Gasteiger partial charge in [0.25, 0.3) is 0 Å². The fourth-order valence-electron chi connectivity index (χ4n) is 1.41. The van der Waals surface area contributed by atoms with Crippen LogP contribution in [-0.4, -0.2) is 34.0 Å². The summed E-state index contributed by atoms with van der Waals surface area (Å²) < 4.78 is 5.15. The number of thioether (sulfide) groups is 1.